The number of benzene rings is 1. The molecule has 0 spiro atoms. The molecule has 0 heterocycles. The van der Waals surface area contributed by atoms with Crippen molar-refractivity contribution < 1.29 is 9.18 Å². The average molecular weight is 223 g/mol. The van der Waals surface area contributed by atoms with E-state index in [0.717, 1.165) is 5.56 Å². The average Bonchev–Trinajstić information content (AvgIpc) is 2.16. The second-order valence-corrected chi connectivity index (χ2v) is 4.46. The van der Waals surface area contributed by atoms with E-state index in [1.54, 1.807) is 18.2 Å². The van der Waals surface area contributed by atoms with Gasteiger partial charge in [-0.3, -0.25) is 4.79 Å². The van der Waals surface area contributed by atoms with Crippen molar-refractivity contribution in [2.45, 2.75) is 32.9 Å². The number of aryl methyl sites for hydroxylation is 1. The number of rotatable bonds is 4. The lowest BCUT2D eigenvalue weighted by molar-refractivity contribution is 0.0984. The molecule has 0 aliphatic carbocycles. The number of Topliss-reactive ketones (excluding diaryl/α,β-unsaturated/α-hetero) is 1. The SMILES string of the molecule is Cc1ccc(C(C)(C)F)cc1C(=O)CCN. The fourth-order valence-electron chi connectivity index (χ4n) is 1.56. The van der Waals surface area contributed by atoms with Crippen molar-refractivity contribution in [2.75, 3.05) is 6.54 Å². The smallest absolute Gasteiger partial charge is 0.164 e. The van der Waals surface area contributed by atoms with Crippen molar-refractivity contribution in [1.29, 1.82) is 0 Å². The van der Waals surface area contributed by atoms with Crippen LogP contribution in [-0.4, -0.2) is 12.3 Å². The zero-order chi connectivity index (χ0) is 12.3. The van der Waals surface area contributed by atoms with Crippen LogP contribution >= 0.6 is 0 Å². The Labute approximate surface area is 95.7 Å². The number of halogens is 1. The van der Waals surface area contributed by atoms with Gasteiger partial charge in [-0.25, -0.2) is 4.39 Å². The summed E-state index contributed by atoms with van der Waals surface area (Å²) in [6.45, 7) is 5.13. The van der Waals surface area contributed by atoms with Crippen molar-refractivity contribution in [3.8, 4) is 0 Å². The quantitative estimate of drug-likeness (QED) is 0.797. The van der Waals surface area contributed by atoms with Gasteiger partial charge in [0.05, 0.1) is 0 Å². The highest BCUT2D eigenvalue weighted by molar-refractivity contribution is 5.97. The molecule has 2 N–H and O–H groups in total. The Bertz CT molecular complexity index is 393. The largest absolute Gasteiger partial charge is 0.330 e. The first kappa shape index (κ1) is 12.8. The van der Waals surface area contributed by atoms with Crippen LogP contribution in [-0.2, 0) is 5.67 Å². The van der Waals surface area contributed by atoms with Crippen LogP contribution in [0.1, 0.15) is 41.8 Å². The molecule has 88 valence electrons. The second-order valence-electron chi connectivity index (χ2n) is 4.46. The summed E-state index contributed by atoms with van der Waals surface area (Å²) < 4.78 is 13.7. The predicted octanol–water partition coefficient (Wildman–Crippen LogP) is 2.73. The summed E-state index contributed by atoms with van der Waals surface area (Å²) in [5.41, 5.74) is 5.89. The van der Waals surface area contributed by atoms with Crippen LogP contribution in [0.4, 0.5) is 4.39 Å². The van der Waals surface area contributed by atoms with Crippen molar-refractivity contribution >= 4 is 5.78 Å². The van der Waals surface area contributed by atoms with Gasteiger partial charge in [-0.15, -0.1) is 0 Å². The van der Waals surface area contributed by atoms with E-state index >= 15 is 0 Å². The van der Waals surface area contributed by atoms with Crippen LogP contribution in [0, 0.1) is 6.92 Å². The van der Waals surface area contributed by atoms with Crippen molar-refractivity contribution in [1.82, 2.24) is 0 Å². The third-order valence-electron chi connectivity index (χ3n) is 2.60. The molecule has 0 aromatic heterocycles. The van der Waals surface area contributed by atoms with Crippen LogP contribution in [0.25, 0.3) is 0 Å². The lowest BCUT2D eigenvalue weighted by atomic mass is 9.93. The normalized spacial score (nSPS) is 11.6. The number of nitrogens with two attached hydrogens (primary N) is 1. The highest BCUT2D eigenvalue weighted by atomic mass is 19.1. The highest BCUT2D eigenvalue weighted by Gasteiger charge is 2.20. The third-order valence-corrected chi connectivity index (χ3v) is 2.60. The van der Waals surface area contributed by atoms with Gasteiger partial charge in [0.2, 0.25) is 0 Å². The maximum absolute atomic E-state index is 13.7. The topological polar surface area (TPSA) is 43.1 Å². The Morgan fingerprint density at radius 3 is 2.56 bits per heavy atom. The fraction of sp³-hybridized carbons (Fsp3) is 0.462. The van der Waals surface area contributed by atoms with E-state index < -0.39 is 5.67 Å². The summed E-state index contributed by atoms with van der Waals surface area (Å²) >= 11 is 0. The van der Waals surface area contributed by atoms with Gasteiger partial charge in [0.1, 0.15) is 5.67 Å². The van der Waals surface area contributed by atoms with Crippen LogP contribution in [0.5, 0.6) is 0 Å². The molecule has 0 fully saturated rings. The molecule has 0 saturated heterocycles. The van der Waals surface area contributed by atoms with Crippen LogP contribution in [0.3, 0.4) is 0 Å². The number of ketones is 1. The van der Waals surface area contributed by atoms with Crippen molar-refractivity contribution in [3.05, 3.63) is 34.9 Å². The first-order chi connectivity index (χ1) is 7.36. The molecule has 1 aromatic carbocycles. The number of carbonyl (C=O) groups excluding carboxylic acids is 1. The van der Waals surface area contributed by atoms with Crippen molar-refractivity contribution in [3.63, 3.8) is 0 Å². The Morgan fingerprint density at radius 2 is 2.06 bits per heavy atom. The third kappa shape index (κ3) is 2.89. The molecule has 0 bridgehead atoms. The Morgan fingerprint density at radius 1 is 1.44 bits per heavy atom. The molecular weight excluding hydrogens is 205 g/mol. The summed E-state index contributed by atoms with van der Waals surface area (Å²) in [5, 5.41) is 0. The predicted molar refractivity (Wildman–Crippen MR) is 63.3 cm³/mol. The summed E-state index contributed by atoms with van der Waals surface area (Å²) in [7, 11) is 0. The van der Waals surface area contributed by atoms with E-state index in [4.69, 9.17) is 5.73 Å². The molecular formula is C13H18FNO. The van der Waals surface area contributed by atoms with E-state index in [1.165, 1.54) is 13.8 Å². The molecule has 0 amide bonds. The maximum Gasteiger partial charge on any atom is 0.164 e. The first-order valence-electron chi connectivity index (χ1n) is 5.39. The van der Waals surface area contributed by atoms with Crippen LogP contribution in [0.2, 0.25) is 0 Å². The molecule has 0 radical (unpaired) electrons. The number of hydrogen-bond donors (Lipinski definition) is 1. The Kier molecular flexibility index (Phi) is 3.81. The lowest BCUT2D eigenvalue weighted by Crippen LogP contribution is -2.13. The molecule has 0 atom stereocenters. The van der Waals surface area contributed by atoms with E-state index in [2.05, 4.69) is 0 Å². The Balaban J connectivity index is 3.14. The van der Waals surface area contributed by atoms with Crippen molar-refractivity contribution in [2.24, 2.45) is 5.73 Å². The standard InChI is InChI=1S/C13H18FNO/c1-9-4-5-10(13(2,3)14)8-11(9)12(16)6-7-15/h4-5,8H,6-7,15H2,1-3H3. The van der Waals surface area contributed by atoms with Gasteiger partial charge in [-0.2, -0.15) is 0 Å². The molecule has 3 heteroatoms. The summed E-state index contributed by atoms with van der Waals surface area (Å²) in [6, 6.07) is 5.13. The van der Waals surface area contributed by atoms with Gasteiger partial charge in [-0.05, 0) is 44.5 Å². The van der Waals surface area contributed by atoms with Gasteiger partial charge >= 0.3 is 0 Å². The van der Waals surface area contributed by atoms with Gasteiger partial charge < -0.3 is 5.73 Å². The molecule has 0 aliphatic heterocycles. The summed E-state index contributed by atoms with van der Waals surface area (Å²) in [5.74, 6) is -0.0221. The molecule has 16 heavy (non-hydrogen) atoms. The van der Waals surface area contributed by atoms with E-state index in [1.807, 2.05) is 6.92 Å². The second kappa shape index (κ2) is 4.74. The minimum atomic E-state index is -1.43. The lowest BCUT2D eigenvalue weighted by Gasteiger charge is -2.16. The molecule has 1 rings (SSSR count). The van der Waals surface area contributed by atoms with Crippen LogP contribution < -0.4 is 5.73 Å². The van der Waals surface area contributed by atoms with Gasteiger partial charge in [0.25, 0.3) is 0 Å². The number of carbonyl (C=O) groups is 1. The minimum absolute atomic E-state index is 0.0221. The van der Waals surface area contributed by atoms with Gasteiger partial charge in [0.15, 0.2) is 5.78 Å². The summed E-state index contributed by atoms with van der Waals surface area (Å²) in [4.78, 5) is 11.7. The van der Waals surface area contributed by atoms with E-state index in [9.17, 15) is 9.18 Å². The number of hydrogen-bond acceptors (Lipinski definition) is 2. The zero-order valence-electron chi connectivity index (χ0n) is 10.0. The Hall–Kier alpha value is -1.22. The number of alkyl halides is 1. The first-order valence-corrected chi connectivity index (χ1v) is 5.39. The molecule has 1 aromatic rings. The fourth-order valence-corrected chi connectivity index (χ4v) is 1.56. The highest BCUT2D eigenvalue weighted by Crippen LogP contribution is 2.26. The zero-order valence-corrected chi connectivity index (χ0v) is 10.0. The van der Waals surface area contributed by atoms with E-state index in [0.29, 0.717) is 24.1 Å². The van der Waals surface area contributed by atoms with E-state index in [-0.39, 0.29) is 5.78 Å². The molecule has 2 nitrogen and oxygen atoms in total. The van der Waals surface area contributed by atoms with Gasteiger partial charge in [-0.1, -0.05) is 12.1 Å². The maximum atomic E-state index is 13.7. The molecule has 0 unspecified atom stereocenters. The summed E-state index contributed by atoms with van der Waals surface area (Å²) in [6.07, 6.45) is 0.303. The van der Waals surface area contributed by atoms with Gasteiger partial charge in [0, 0.05) is 12.0 Å². The van der Waals surface area contributed by atoms with Crippen LogP contribution in [0.15, 0.2) is 18.2 Å². The monoisotopic (exact) mass is 223 g/mol. The minimum Gasteiger partial charge on any atom is -0.330 e. The molecule has 0 saturated carbocycles. The molecule has 0 aliphatic rings.